The number of rotatable bonds is 5. The summed E-state index contributed by atoms with van der Waals surface area (Å²) in [5, 5.41) is 9.05. The van der Waals surface area contributed by atoms with Crippen molar-refractivity contribution in [3.8, 4) is 0 Å². The first-order valence-corrected chi connectivity index (χ1v) is 7.25. The summed E-state index contributed by atoms with van der Waals surface area (Å²) in [7, 11) is -3.58. The smallest absolute Gasteiger partial charge is 0.242 e. The molecular weight excluding hydrogens is 308 g/mol. The van der Waals surface area contributed by atoms with Crippen molar-refractivity contribution >= 4 is 26.0 Å². The predicted octanol–water partition coefficient (Wildman–Crippen LogP) is 1.14. The van der Waals surface area contributed by atoms with Crippen LogP contribution in [0.25, 0.3) is 0 Å². The van der Waals surface area contributed by atoms with E-state index in [1.165, 1.54) is 18.5 Å². The zero-order valence-electron chi connectivity index (χ0n) is 9.64. The van der Waals surface area contributed by atoms with Crippen LogP contribution in [0.15, 0.2) is 27.8 Å². The Kier molecular flexibility index (Phi) is 4.65. The highest BCUT2D eigenvalue weighted by atomic mass is 79.9. The van der Waals surface area contributed by atoms with Gasteiger partial charge in [-0.3, -0.25) is 4.98 Å². The number of nitrogens with zero attached hydrogens (tertiary/aromatic N) is 1. The first kappa shape index (κ1) is 14.6. The first-order chi connectivity index (χ1) is 7.77. The van der Waals surface area contributed by atoms with E-state index in [1.54, 1.807) is 13.8 Å². The number of hydrogen-bond acceptors (Lipinski definition) is 4. The van der Waals surface area contributed by atoms with Gasteiger partial charge in [0.2, 0.25) is 10.0 Å². The molecule has 0 spiro atoms. The van der Waals surface area contributed by atoms with Crippen LogP contribution in [0.2, 0.25) is 0 Å². The van der Waals surface area contributed by atoms with Crippen LogP contribution in [0.5, 0.6) is 0 Å². The highest BCUT2D eigenvalue weighted by Gasteiger charge is 2.21. The maximum atomic E-state index is 11.9. The predicted molar refractivity (Wildman–Crippen MR) is 68.0 cm³/mol. The van der Waals surface area contributed by atoms with Crippen LogP contribution in [-0.2, 0) is 10.0 Å². The van der Waals surface area contributed by atoms with E-state index in [1.807, 2.05) is 0 Å². The molecule has 0 saturated carbocycles. The van der Waals surface area contributed by atoms with E-state index in [4.69, 9.17) is 5.11 Å². The minimum Gasteiger partial charge on any atom is -0.396 e. The monoisotopic (exact) mass is 322 g/mol. The van der Waals surface area contributed by atoms with E-state index in [2.05, 4.69) is 25.6 Å². The number of hydrogen-bond donors (Lipinski definition) is 2. The molecule has 7 heteroatoms. The van der Waals surface area contributed by atoms with Gasteiger partial charge in [0, 0.05) is 35.4 Å². The van der Waals surface area contributed by atoms with Crippen LogP contribution in [0.3, 0.4) is 0 Å². The zero-order valence-corrected chi connectivity index (χ0v) is 12.0. The van der Waals surface area contributed by atoms with E-state index in [0.29, 0.717) is 4.47 Å². The van der Waals surface area contributed by atoms with Crippen LogP contribution < -0.4 is 4.72 Å². The normalized spacial score (nSPS) is 12.7. The molecule has 0 atom stereocenters. The summed E-state index contributed by atoms with van der Waals surface area (Å²) in [6, 6.07) is 1.47. The number of halogens is 1. The topological polar surface area (TPSA) is 79.3 Å². The standard InChI is InChI=1S/C10H15BrN2O3S/c1-10(2,7-14)6-13-17(15,16)9-3-8(11)4-12-5-9/h3-5,13-14H,6-7H2,1-2H3. The van der Waals surface area contributed by atoms with E-state index < -0.39 is 15.4 Å². The minimum absolute atomic E-state index is 0.0910. The molecule has 2 N–H and O–H groups in total. The second kappa shape index (κ2) is 5.43. The lowest BCUT2D eigenvalue weighted by atomic mass is 9.96. The van der Waals surface area contributed by atoms with Crippen molar-refractivity contribution in [3.05, 3.63) is 22.9 Å². The average molecular weight is 323 g/mol. The third kappa shape index (κ3) is 4.34. The summed E-state index contributed by atoms with van der Waals surface area (Å²) in [4.78, 5) is 3.90. The van der Waals surface area contributed by atoms with Crippen LogP contribution >= 0.6 is 15.9 Å². The Morgan fingerprint density at radius 1 is 1.47 bits per heavy atom. The molecule has 1 rings (SSSR count). The maximum Gasteiger partial charge on any atom is 0.242 e. The summed E-state index contributed by atoms with van der Waals surface area (Å²) in [5.41, 5.74) is -0.494. The van der Waals surface area contributed by atoms with Gasteiger partial charge in [-0.2, -0.15) is 0 Å². The summed E-state index contributed by atoms with van der Waals surface area (Å²) >= 11 is 3.16. The van der Waals surface area contributed by atoms with E-state index in [0.717, 1.165) is 0 Å². The van der Waals surface area contributed by atoms with Crippen LogP contribution in [0, 0.1) is 5.41 Å². The van der Waals surface area contributed by atoms with Crippen molar-refractivity contribution in [1.29, 1.82) is 0 Å². The van der Waals surface area contributed by atoms with Crippen LogP contribution in [-0.4, -0.2) is 31.7 Å². The van der Waals surface area contributed by atoms with E-state index in [-0.39, 0.29) is 18.0 Å². The second-order valence-corrected chi connectivity index (χ2v) is 7.17. The number of pyridine rings is 1. The third-order valence-electron chi connectivity index (χ3n) is 2.16. The molecule has 0 aliphatic carbocycles. The van der Waals surface area contributed by atoms with Crippen molar-refractivity contribution in [2.45, 2.75) is 18.7 Å². The zero-order chi connectivity index (χ0) is 13.1. The third-order valence-corrected chi connectivity index (χ3v) is 3.96. The quantitative estimate of drug-likeness (QED) is 0.852. The van der Waals surface area contributed by atoms with E-state index >= 15 is 0 Å². The molecule has 0 fully saturated rings. The lowest BCUT2D eigenvalue weighted by molar-refractivity contribution is 0.163. The molecule has 1 heterocycles. The Balaban J connectivity index is 2.83. The second-order valence-electron chi connectivity index (χ2n) is 4.49. The summed E-state index contributed by atoms with van der Waals surface area (Å²) in [6.45, 7) is 3.62. The van der Waals surface area contributed by atoms with Crippen molar-refractivity contribution in [2.24, 2.45) is 5.41 Å². The molecule has 0 aliphatic heterocycles. The van der Waals surface area contributed by atoms with Gasteiger partial charge in [-0.25, -0.2) is 13.1 Å². The Morgan fingerprint density at radius 3 is 2.65 bits per heavy atom. The molecule has 5 nitrogen and oxygen atoms in total. The molecule has 0 saturated heterocycles. The number of aliphatic hydroxyl groups excluding tert-OH is 1. The van der Waals surface area contributed by atoms with Crippen LogP contribution in [0.4, 0.5) is 0 Å². The number of sulfonamides is 1. The summed E-state index contributed by atoms with van der Waals surface area (Å²) < 4.78 is 26.8. The van der Waals surface area contributed by atoms with Crippen LogP contribution in [0.1, 0.15) is 13.8 Å². The van der Waals surface area contributed by atoms with E-state index in [9.17, 15) is 8.42 Å². The van der Waals surface area contributed by atoms with Gasteiger partial charge < -0.3 is 5.11 Å². The van der Waals surface area contributed by atoms with Gasteiger partial charge in [-0.1, -0.05) is 13.8 Å². The highest BCUT2D eigenvalue weighted by molar-refractivity contribution is 9.10. The minimum atomic E-state index is -3.58. The number of nitrogens with one attached hydrogen (secondary N) is 1. The van der Waals surface area contributed by atoms with Gasteiger partial charge in [0.15, 0.2) is 0 Å². The molecular formula is C10H15BrN2O3S. The lowest BCUT2D eigenvalue weighted by Gasteiger charge is -2.21. The Bertz CT molecular complexity index is 488. The maximum absolute atomic E-state index is 11.9. The first-order valence-electron chi connectivity index (χ1n) is 4.98. The van der Waals surface area contributed by atoms with Crippen molar-refractivity contribution in [2.75, 3.05) is 13.2 Å². The molecule has 96 valence electrons. The molecule has 0 aliphatic rings. The largest absolute Gasteiger partial charge is 0.396 e. The van der Waals surface area contributed by atoms with Crippen molar-refractivity contribution in [3.63, 3.8) is 0 Å². The highest BCUT2D eigenvalue weighted by Crippen LogP contribution is 2.16. The molecule has 0 bridgehead atoms. The molecule has 0 radical (unpaired) electrons. The summed E-state index contributed by atoms with van der Waals surface area (Å²) in [6.07, 6.45) is 2.79. The molecule has 0 amide bonds. The Morgan fingerprint density at radius 2 is 2.12 bits per heavy atom. The lowest BCUT2D eigenvalue weighted by Crippen LogP contribution is -2.36. The fourth-order valence-corrected chi connectivity index (χ4v) is 2.71. The molecule has 0 aromatic carbocycles. The fraction of sp³-hybridized carbons (Fsp3) is 0.500. The molecule has 1 aromatic rings. The van der Waals surface area contributed by atoms with Gasteiger partial charge in [-0.15, -0.1) is 0 Å². The van der Waals surface area contributed by atoms with Gasteiger partial charge in [0.1, 0.15) is 4.90 Å². The molecule has 17 heavy (non-hydrogen) atoms. The fourth-order valence-electron chi connectivity index (χ4n) is 0.969. The van der Waals surface area contributed by atoms with Gasteiger partial charge in [0.25, 0.3) is 0 Å². The van der Waals surface area contributed by atoms with Gasteiger partial charge in [-0.05, 0) is 22.0 Å². The molecule has 0 unspecified atom stereocenters. The van der Waals surface area contributed by atoms with Gasteiger partial charge in [0.05, 0.1) is 0 Å². The van der Waals surface area contributed by atoms with Crippen molar-refractivity contribution in [1.82, 2.24) is 9.71 Å². The van der Waals surface area contributed by atoms with Gasteiger partial charge >= 0.3 is 0 Å². The average Bonchev–Trinajstić information content (AvgIpc) is 2.27. The Hall–Kier alpha value is -0.500. The van der Waals surface area contributed by atoms with Crippen molar-refractivity contribution < 1.29 is 13.5 Å². The Labute approximate surface area is 109 Å². The number of aromatic nitrogens is 1. The SMILES string of the molecule is CC(C)(CO)CNS(=O)(=O)c1cncc(Br)c1. The number of aliphatic hydroxyl groups is 1. The summed E-state index contributed by atoms with van der Waals surface area (Å²) in [5.74, 6) is 0. The molecule has 1 aromatic heterocycles.